The number of hydrogen-bond donors (Lipinski definition) is 1. The average molecular weight is 266 g/mol. The van der Waals surface area contributed by atoms with Crippen molar-refractivity contribution in [1.29, 1.82) is 0 Å². The Morgan fingerprint density at radius 1 is 1.50 bits per heavy atom. The fourth-order valence-electron chi connectivity index (χ4n) is 1.97. The number of nitrogens with one attached hydrogen (secondary N) is 1. The third-order valence-corrected chi connectivity index (χ3v) is 4.09. The molecule has 1 atom stereocenters. The molecule has 1 unspecified atom stereocenters. The Kier molecular flexibility index (Phi) is 4.19. The highest BCUT2D eigenvalue weighted by Crippen LogP contribution is 2.28. The molecule has 5 nitrogen and oxygen atoms in total. The maximum atomic E-state index is 11.0. The Morgan fingerprint density at radius 2 is 2.33 bits per heavy atom. The molecule has 96 valence electrons. The second-order valence-corrected chi connectivity index (χ2v) is 5.36. The van der Waals surface area contributed by atoms with E-state index in [2.05, 4.69) is 5.32 Å². The van der Waals surface area contributed by atoms with Crippen LogP contribution in [-0.2, 0) is 0 Å². The summed E-state index contributed by atoms with van der Waals surface area (Å²) < 4.78 is 0. The number of nitro groups is 1. The van der Waals surface area contributed by atoms with E-state index in [-0.39, 0.29) is 11.7 Å². The summed E-state index contributed by atoms with van der Waals surface area (Å²) in [5.74, 6) is 2.12. The first-order chi connectivity index (χ1) is 8.70. The van der Waals surface area contributed by atoms with Crippen LogP contribution in [0.15, 0.2) is 18.2 Å². The van der Waals surface area contributed by atoms with Crippen LogP contribution >= 0.6 is 11.8 Å². The maximum Gasteiger partial charge on any atom is 0.293 e. The number of carbonyl (C=O) groups excluding carboxylic acids is 1. The molecule has 0 saturated carbocycles. The average Bonchev–Trinajstić information content (AvgIpc) is 2.40. The highest BCUT2D eigenvalue weighted by atomic mass is 32.2. The molecule has 1 aliphatic heterocycles. The standard InChI is InChI=1S/C12H14N2O3S/c15-7-9-3-4-11(12(6-9)14(16)17)13-10-2-1-5-18-8-10/h3-4,6-7,10,13H,1-2,5,8H2. The lowest BCUT2D eigenvalue weighted by Crippen LogP contribution is -2.26. The molecule has 6 heteroatoms. The first kappa shape index (κ1) is 12.9. The zero-order valence-electron chi connectivity index (χ0n) is 9.80. The third-order valence-electron chi connectivity index (χ3n) is 2.87. The van der Waals surface area contributed by atoms with Crippen LogP contribution in [0, 0.1) is 10.1 Å². The molecule has 0 radical (unpaired) electrons. The highest BCUT2D eigenvalue weighted by molar-refractivity contribution is 7.99. The van der Waals surface area contributed by atoms with Crippen molar-refractivity contribution >= 4 is 29.4 Å². The van der Waals surface area contributed by atoms with E-state index in [1.165, 1.54) is 6.07 Å². The molecule has 1 aliphatic rings. The number of aldehydes is 1. The van der Waals surface area contributed by atoms with Gasteiger partial charge in [0.15, 0.2) is 0 Å². The van der Waals surface area contributed by atoms with Crippen molar-refractivity contribution in [2.45, 2.75) is 18.9 Å². The van der Waals surface area contributed by atoms with Crippen LogP contribution in [0.1, 0.15) is 23.2 Å². The fraction of sp³-hybridized carbons (Fsp3) is 0.417. The molecule has 1 saturated heterocycles. The first-order valence-corrected chi connectivity index (χ1v) is 6.94. The lowest BCUT2D eigenvalue weighted by atomic mass is 10.1. The molecule has 1 aromatic rings. The molecule has 2 rings (SSSR count). The van der Waals surface area contributed by atoms with E-state index >= 15 is 0 Å². The van der Waals surface area contributed by atoms with Gasteiger partial charge in [-0.05, 0) is 30.7 Å². The monoisotopic (exact) mass is 266 g/mol. The van der Waals surface area contributed by atoms with Crippen LogP contribution < -0.4 is 5.32 Å². The van der Waals surface area contributed by atoms with Gasteiger partial charge >= 0.3 is 0 Å². The Balaban J connectivity index is 2.20. The van der Waals surface area contributed by atoms with Gasteiger partial charge in [-0.3, -0.25) is 14.9 Å². The number of nitro benzene ring substituents is 1. The predicted molar refractivity (Wildman–Crippen MR) is 72.5 cm³/mol. The van der Waals surface area contributed by atoms with Crippen molar-refractivity contribution in [3.8, 4) is 0 Å². The van der Waals surface area contributed by atoms with Crippen molar-refractivity contribution in [3.63, 3.8) is 0 Å². The summed E-state index contributed by atoms with van der Waals surface area (Å²) in [6.07, 6.45) is 2.77. The lowest BCUT2D eigenvalue weighted by molar-refractivity contribution is -0.384. The Labute approximate surface area is 109 Å². The van der Waals surface area contributed by atoms with E-state index in [9.17, 15) is 14.9 Å². The van der Waals surface area contributed by atoms with Crippen LogP contribution in [0.3, 0.4) is 0 Å². The number of benzene rings is 1. The number of hydrogen-bond acceptors (Lipinski definition) is 5. The fourth-order valence-corrected chi connectivity index (χ4v) is 3.04. The molecule has 0 amide bonds. The third kappa shape index (κ3) is 3.01. The summed E-state index contributed by atoms with van der Waals surface area (Å²) >= 11 is 1.86. The van der Waals surface area contributed by atoms with E-state index in [1.54, 1.807) is 12.1 Å². The van der Waals surface area contributed by atoms with Crippen molar-refractivity contribution in [1.82, 2.24) is 0 Å². The number of carbonyl (C=O) groups is 1. The Bertz CT molecular complexity index is 459. The van der Waals surface area contributed by atoms with Gasteiger partial charge in [-0.25, -0.2) is 0 Å². The van der Waals surface area contributed by atoms with Crippen molar-refractivity contribution in [2.75, 3.05) is 16.8 Å². The van der Waals surface area contributed by atoms with Gasteiger partial charge < -0.3 is 5.32 Å². The van der Waals surface area contributed by atoms with Gasteiger partial charge in [0.25, 0.3) is 5.69 Å². The van der Waals surface area contributed by atoms with Crippen LogP contribution in [0.2, 0.25) is 0 Å². The van der Waals surface area contributed by atoms with Gasteiger partial charge in [0.05, 0.1) is 4.92 Å². The summed E-state index contributed by atoms with van der Waals surface area (Å²) in [6.45, 7) is 0. The molecular weight excluding hydrogens is 252 g/mol. The number of rotatable bonds is 4. The van der Waals surface area contributed by atoms with Crippen LogP contribution in [0.5, 0.6) is 0 Å². The van der Waals surface area contributed by atoms with E-state index in [4.69, 9.17) is 0 Å². The van der Waals surface area contributed by atoms with Gasteiger partial charge in [0.1, 0.15) is 12.0 Å². The molecule has 0 bridgehead atoms. The summed E-state index contributed by atoms with van der Waals surface area (Å²) in [6, 6.07) is 4.79. The minimum absolute atomic E-state index is 0.0322. The smallest absolute Gasteiger partial charge is 0.293 e. The summed E-state index contributed by atoms with van der Waals surface area (Å²) in [5.41, 5.74) is 0.790. The lowest BCUT2D eigenvalue weighted by Gasteiger charge is -2.23. The van der Waals surface area contributed by atoms with Gasteiger partial charge in [-0.2, -0.15) is 11.8 Å². The van der Waals surface area contributed by atoms with E-state index < -0.39 is 4.92 Å². The highest BCUT2D eigenvalue weighted by Gasteiger charge is 2.19. The van der Waals surface area contributed by atoms with E-state index in [0.29, 0.717) is 17.5 Å². The molecule has 0 aromatic heterocycles. The molecule has 18 heavy (non-hydrogen) atoms. The molecule has 1 heterocycles. The van der Waals surface area contributed by atoms with Crippen molar-refractivity contribution in [2.24, 2.45) is 0 Å². The number of nitrogens with zero attached hydrogens (tertiary/aromatic N) is 1. The normalized spacial score (nSPS) is 19.2. The van der Waals surface area contributed by atoms with Crippen LogP contribution in [0.25, 0.3) is 0 Å². The van der Waals surface area contributed by atoms with Gasteiger partial charge in [0.2, 0.25) is 0 Å². The second kappa shape index (κ2) is 5.86. The Morgan fingerprint density at radius 3 is 2.94 bits per heavy atom. The van der Waals surface area contributed by atoms with Crippen LogP contribution in [-0.4, -0.2) is 28.8 Å². The van der Waals surface area contributed by atoms with Gasteiger partial charge in [0, 0.05) is 23.4 Å². The minimum Gasteiger partial charge on any atom is -0.376 e. The maximum absolute atomic E-state index is 11.0. The summed E-state index contributed by atoms with van der Waals surface area (Å²) in [7, 11) is 0. The molecule has 1 N–H and O–H groups in total. The quantitative estimate of drug-likeness (QED) is 0.515. The summed E-state index contributed by atoms with van der Waals surface area (Å²) in [5, 5.41) is 14.2. The SMILES string of the molecule is O=Cc1ccc(NC2CCCSC2)c([N+](=O)[O-])c1. The molecule has 0 aliphatic carbocycles. The zero-order valence-corrected chi connectivity index (χ0v) is 10.6. The largest absolute Gasteiger partial charge is 0.376 e. The minimum atomic E-state index is -0.453. The second-order valence-electron chi connectivity index (χ2n) is 4.21. The summed E-state index contributed by atoms with van der Waals surface area (Å²) in [4.78, 5) is 21.2. The van der Waals surface area contributed by atoms with E-state index in [1.807, 2.05) is 11.8 Å². The molecule has 1 fully saturated rings. The number of anilines is 1. The van der Waals surface area contributed by atoms with E-state index in [0.717, 1.165) is 24.3 Å². The zero-order chi connectivity index (χ0) is 13.0. The Hall–Kier alpha value is -1.56. The molecule has 1 aromatic carbocycles. The van der Waals surface area contributed by atoms with Gasteiger partial charge in [-0.1, -0.05) is 0 Å². The number of thioether (sulfide) groups is 1. The van der Waals surface area contributed by atoms with Crippen molar-refractivity contribution < 1.29 is 9.72 Å². The van der Waals surface area contributed by atoms with Crippen LogP contribution in [0.4, 0.5) is 11.4 Å². The topological polar surface area (TPSA) is 72.2 Å². The van der Waals surface area contributed by atoms with Gasteiger partial charge in [-0.15, -0.1) is 0 Å². The molecule has 0 spiro atoms. The predicted octanol–water partition coefficient (Wildman–Crippen LogP) is 2.71. The molecular formula is C12H14N2O3S. The van der Waals surface area contributed by atoms with Crippen molar-refractivity contribution in [3.05, 3.63) is 33.9 Å². The first-order valence-electron chi connectivity index (χ1n) is 5.78.